The number of rotatable bonds is 7. The highest BCUT2D eigenvalue weighted by atomic mass is 32.1. The van der Waals surface area contributed by atoms with Crippen molar-refractivity contribution in [1.29, 1.82) is 0 Å². The summed E-state index contributed by atoms with van der Waals surface area (Å²) in [6.45, 7) is 0.504. The van der Waals surface area contributed by atoms with Crippen LogP contribution in [0.15, 0.2) is 121 Å². The highest BCUT2D eigenvalue weighted by molar-refractivity contribution is 7.21. The van der Waals surface area contributed by atoms with Crippen molar-refractivity contribution in [3.05, 3.63) is 132 Å². The summed E-state index contributed by atoms with van der Waals surface area (Å²) in [5.41, 5.74) is 7.08. The lowest BCUT2D eigenvalue weighted by Gasteiger charge is -2.14. The Morgan fingerprint density at radius 1 is 0.757 bits per heavy atom. The molecule has 180 valence electrons. The number of thiophene rings is 1. The largest absolute Gasteiger partial charge is 0.489 e. The first-order valence-electron chi connectivity index (χ1n) is 12.0. The molecule has 2 aromatic heterocycles. The van der Waals surface area contributed by atoms with Gasteiger partial charge in [-0.15, -0.1) is 11.3 Å². The zero-order chi connectivity index (χ0) is 25.2. The minimum absolute atomic E-state index is 0.322. The molecule has 2 heterocycles. The molecule has 1 N–H and O–H groups in total. The SMILES string of the molecule is O=C(O)c1cc2c(s1)c(-c1ccccc1)c(-c1ccc(OCc3ccccc3)cc1)n2-c1ccccc1. The number of para-hydroxylation sites is 1. The monoisotopic (exact) mass is 501 g/mol. The van der Waals surface area contributed by atoms with Gasteiger partial charge in [0.1, 0.15) is 17.2 Å². The molecule has 37 heavy (non-hydrogen) atoms. The van der Waals surface area contributed by atoms with Gasteiger partial charge in [0.05, 0.1) is 15.9 Å². The second-order valence-electron chi connectivity index (χ2n) is 8.69. The molecule has 6 rings (SSSR count). The van der Waals surface area contributed by atoms with Crippen LogP contribution in [0.3, 0.4) is 0 Å². The lowest BCUT2D eigenvalue weighted by Crippen LogP contribution is -1.99. The maximum atomic E-state index is 11.9. The molecular weight excluding hydrogens is 478 g/mol. The summed E-state index contributed by atoms with van der Waals surface area (Å²) in [4.78, 5) is 12.2. The van der Waals surface area contributed by atoms with Gasteiger partial charge in [-0.2, -0.15) is 0 Å². The van der Waals surface area contributed by atoms with Crippen LogP contribution in [-0.2, 0) is 6.61 Å². The standard InChI is InChI=1S/C32H23NO3S/c34-32(35)28-20-27-31(37-28)29(23-12-6-2-7-13-23)30(33(27)25-14-8-3-9-15-25)24-16-18-26(19-17-24)36-21-22-10-4-1-5-11-22/h1-20H,21H2,(H,34,35). The molecule has 0 atom stereocenters. The lowest BCUT2D eigenvalue weighted by atomic mass is 10.0. The molecular formula is C32H23NO3S. The number of ether oxygens (including phenoxy) is 1. The Balaban J connectivity index is 1.52. The number of aromatic nitrogens is 1. The van der Waals surface area contributed by atoms with Gasteiger partial charge in [0, 0.05) is 11.3 Å². The van der Waals surface area contributed by atoms with Gasteiger partial charge in [-0.3, -0.25) is 0 Å². The molecule has 0 unspecified atom stereocenters. The Labute approximate surface area is 218 Å². The third-order valence-electron chi connectivity index (χ3n) is 6.30. The summed E-state index contributed by atoms with van der Waals surface area (Å²) in [6.07, 6.45) is 0. The van der Waals surface area contributed by atoms with E-state index >= 15 is 0 Å². The van der Waals surface area contributed by atoms with Gasteiger partial charge in [-0.05, 0) is 59.2 Å². The number of hydrogen-bond donors (Lipinski definition) is 1. The van der Waals surface area contributed by atoms with Crippen molar-refractivity contribution in [3.8, 4) is 33.8 Å². The molecule has 4 nitrogen and oxygen atoms in total. The molecule has 4 aromatic carbocycles. The van der Waals surface area contributed by atoms with Gasteiger partial charge < -0.3 is 14.4 Å². The first-order valence-corrected chi connectivity index (χ1v) is 12.8. The van der Waals surface area contributed by atoms with Crippen LogP contribution >= 0.6 is 11.3 Å². The summed E-state index contributed by atoms with van der Waals surface area (Å²) in [5.74, 6) is -0.122. The summed E-state index contributed by atoms with van der Waals surface area (Å²) >= 11 is 1.31. The third kappa shape index (κ3) is 4.41. The van der Waals surface area contributed by atoms with Crippen LogP contribution in [0.5, 0.6) is 5.75 Å². The van der Waals surface area contributed by atoms with Gasteiger partial charge in [0.25, 0.3) is 0 Å². The van der Waals surface area contributed by atoms with E-state index in [4.69, 9.17) is 4.74 Å². The predicted molar refractivity (Wildman–Crippen MR) is 150 cm³/mol. The quantitative estimate of drug-likeness (QED) is 0.239. The van der Waals surface area contributed by atoms with Crippen molar-refractivity contribution in [3.63, 3.8) is 0 Å². The fourth-order valence-electron chi connectivity index (χ4n) is 4.61. The average Bonchev–Trinajstić information content (AvgIpc) is 3.51. The molecule has 0 bridgehead atoms. The zero-order valence-corrected chi connectivity index (χ0v) is 20.7. The van der Waals surface area contributed by atoms with E-state index in [0.29, 0.717) is 11.5 Å². The van der Waals surface area contributed by atoms with Crippen LogP contribution in [0, 0.1) is 0 Å². The Morgan fingerprint density at radius 3 is 2.03 bits per heavy atom. The van der Waals surface area contributed by atoms with E-state index in [1.807, 2.05) is 91.0 Å². The number of fused-ring (bicyclic) bond motifs is 1. The number of nitrogens with zero attached hydrogens (tertiary/aromatic N) is 1. The van der Waals surface area contributed by atoms with E-state index in [1.54, 1.807) is 6.07 Å². The van der Waals surface area contributed by atoms with Gasteiger partial charge in [-0.1, -0.05) is 78.9 Å². The van der Waals surface area contributed by atoms with Crippen LogP contribution in [0.1, 0.15) is 15.2 Å². The fourth-order valence-corrected chi connectivity index (χ4v) is 5.66. The Bertz CT molecular complexity index is 1590. The minimum Gasteiger partial charge on any atom is -0.489 e. The van der Waals surface area contributed by atoms with Crippen LogP contribution in [-0.4, -0.2) is 15.6 Å². The van der Waals surface area contributed by atoms with E-state index in [0.717, 1.165) is 49.6 Å². The molecule has 0 saturated carbocycles. The molecule has 5 heteroatoms. The van der Waals surface area contributed by atoms with Crippen LogP contribution < -0.4 is 4.74 Å². The normalized spacial score (nSPS) is 11.0. The van der Waals surface area contributed by atoms with E-state index in [1.165, 1.54) is 11.3 Å². The molecule has 0 aliphatic heterocycles. The second kappa shape index (κ2) is 9.80. The van der Waals surface area contributed by atoms with Crippen LogP contribution in [0.25, 0.3) is 38.3 Å². The number of carbonyl (C=O) groups is 1. The number of carboxylic acid groups (broad SMARTS) is 1. The van der Waals surface area contributed by atoms with E-state index in [2.05, 4.69) is 28.8 Å². The van der Waals surface area contributed by atoms with Crippen molar-refractivity contribution in [2.45, 2.75) is 6.61 Å². The molecule has 0 amide bonds. The minimum atomic E-state index is -0.915. The van der Waals surface area contributed by atoms with E-state index in [-0.39, 0.29) is 0 Å². The maximum Gasteiger partial charge on any atom is 0.345 e. The summed E-state index contributed by atoms with van der Waals surface area (Å²) in [7, 11) is 0. The maximum absolute atomic E-state index is 11.9. The highest BCUT2D eigenvalue weighted by Gasteiger charge is 2.24. The van der Waals surface area contributed by atoms with Gasteiger partial charge in [0.15, 0.2) is 0 Å². The van der Waals surface area contributed by atoms with Crippen molar-refractivity contribution < 1.29 is 14.6 Å². The summed E-state index contributed by atoms with van der Waals surface area (Å²) in [5, 5.41) is 9.76. The van der Waals surface area contributed by atoms with E-state index < -0.39 is 5.97 Å². The lowest BCUT2D eigenvalue weighted by molar-refractivity contribution is 0.0702. The Kier molecular flexibility index (Phi) is 6.05. The molecule has 6 aromatic rings. The predicted octanol–water partition coefficient (Wildman–Crippen LogP) is 8.30. The number of hydrogen-bond acceptors (Lipinski definition) is 3. The van der Waals surface area contributed by atoms with Gasteiger partial charge in [0.2, 0.25) is 0 Å². The second-order valence-corrected chi connectivity index (χ2v) is 9.74. The smallest absolute Gasteiger partial charge is 0.345 e. The zero-order valence-electron chi connectivity index (χ0n) is 19.9. The average molecular weight is 502 g/mol. The summed E-state index contributed by atoms with van der Waals surface area (Å²) in [6, 6.07) is 40.2. The molecule has 0 radical (unpaired) electrons. The van der Waals surface area contributed by atoms with Gasteiger partial charge >= 0.3 is 5.97 Å². The number of benzene rings is 4. The fraction of sp³-hybridized carbons (Fsp3) is 0.0312. The third-order valence-corrected chi connectivity index (χ3v) is 7.43. The van der Waals surface area contributed by atoms with Crippen LogP contribution in [0.4, 0.5) is 0 Å². The van der Waals surface area contributed by atoms with Crippen molar-refractivity contribution in [2.75, 3.05) is 0 Å². The van der Waals surface area contributed by atoms with Crippen LogP contribution in [0.2, 0.25) is 0 Å². The molecule has 0 aliphatic rings. The van der Waals surface area contributed by atoms with Crippen molar-refractivity contribution >= 4 is 27.5 Å². The number of carboxylic acids is 1. The molecule has 0 fully saturated rings. The highest BCUT2D eigenvalue weighted by Crippen LogP contribution is 2.46. The Hall–Kier alpha value is -4.61. The number of aromatic carboxylic acids is 1. The van der Waals surface area contributed by atoms with Crippen molar-refractivity contribution in [1.82, 2.24) is 4.57 Å². The van der Waals surface area contributed by atoms with Gasteiger partial charge in [-0.25, -0.2) is 4.79 Å². The first-order chi connectivity index (χ1) is 18.2. The molecule has 0 saturated heterocycles. The summed E-state index contributed by atoms with van der Waals surface area (Å²) < 4.78 is 9.15. The van der Waals surface area contributed by atoms with E-state index in [9.17, 15) is 9.90 Å². The first kappa shape index (κ1) is 22.8. The molecule has 0 spiro atoms. The van der Waals surface area contributed by atoms with Crippen molar-refractivity contribution in [2.24, 2.45) is 0 Å². The molecule has 0 aliphatic carbocycles. The topological polar surface area (TPSA) is 51.5 Å². The Morgan fingerprint density at radius 2 is 1.38 bits per heavy atom.